The highest BCUT2D eigenvalue weighted by atomic mass is 16.5. The van der Waals surface area contributed by atoms with Crippen LogP contribution in [0.5, 0.6) is 5.75 Å². The van der Waals surface area contributed by atoms with Crippen molar-refractivity contribution in [1.29, 1.82) is 0 Å². The first kappa shape index (κ1) is 13.4. The Kier molecular flexibility index (Phi) is 4.02. The Morgan fingerprint density at radius 3 is 2.47 bits per heavy atom. The number of pyridine rings is 1. The fourth-order valence-electron chi connectivity index (χ4n) is 1.92. The molecule has 0 aliphatic rings. The summed E-state index contributed by atoms with van der Waals surface area (Å²) < 4.78 is 5.14. The van der Waals surface area contributed by atoms with Gasteiger partial charge in [0.2, 0.25) is 0 Å². The van der Waals surface area contributed by atoms with Gasteiger partial charge in [0.1, 0.15) is 11.6 Å². The van der Waals surface area contributed by atoms with Crippen molar-refractivity contribution in [2.75, 3.05) is 19.1 Å². The third kappa shape index (κ3) is 3.03. The standard InChI is InChI=1S/C15H18N2O2/c1-11-8-12(10-18)9-15(16-11)17(2)13-4-6-14(19-3)7-5-13/h4-9,18H,10H2,1-3H3. The van der Waals surface area contributed by atoms with Gasteiger partial charge in [-0.05, 0) is 48.9 Å². The Labute approximate surface area is 113 Å². The summed E-state index contributed by atoms with van der Waals surface area (Å²) in [7, 11) is 3.60. The molecule has 0 unspecified atom stereocenters. The van der Waals surface area contributed by atoms with E-state index in [0.717, 1.165) is 28.5 Å². The van der Waals surface area contributed by atoms with Crippen molar-refractivity contribution < 1.29 is 9.84 Å². The van der Waals surface area contributed by atoms with E-state index in [9.17, 15) is 5.11 Å². The Hall–Kier alpha value is -2.07. The summed E-state index contributed by atoms with van der Waals surface area (Å²) in [5, 5.41) is 9.24. The fourth-order valence-corrected chi connectivity index (χ4v) is 1.92. The summed E-state index contributed by atoms with van der Waals surface area (Å²) in [4.78, 5) is 6.46. The van der Waals surface area contributed by atoms with Crippen LogP contribution >= 0.6 is 0 Å². The second-order valence-corrected chi connectivity index (χ2v) is 4.39. The molecule has 1 heterocycles. The zero-order valence-electron chi connectivity index (χ0n) is 11.4. The summed E-state index contributed by atoms with van der Waals surface area (Å²) in [6.07, 6.45) is 0. The first-order chi connectivity index (χ1) is 9.13. The van der Waals surface area contributed by atoms with Gasteiger partial charge in [-0.25, -0.2) is 4.98 Å². The quantitative estimate of drug-likeness (QED) is 0.915. The van der Waals surface area contributed by atoms with E-state index in [1.165, 1.54) is 0 Å². The predicted molar refractivity (Wildman–Crippen MR) is 76.0 cm³/mol. The van der Waals surface area contributed by atoms with Gasteiger partial charge >= 0.3 is 0 Å². The number of hydrogen-bond donors (Lipinski definition) is 1. The molecule has 0 atom stereocenters. The summed E-state index contributed by atoms with van der Waals surface area (Å²) in [5.41, 5.74) is 2.77. The molecule has 19 heavy (non-hydrogen) atoms. The lowest BCUT2D eigenvalue weighted by Crippen LogP contribution is -2.12. The van der Waals surface area contributed by atoms with Crippen LogP contribution in [0.2, 0.25) is 0 Å². The summed E-state index contributed by atoms with van der Waals surface area (Å²) >= 11 is 0. The van der Waals surface area contributed by atoms with E-state index in [1.54, 1.807) is 7.11 Å². The number of nitrogens with zero attached hydrogens (tertiary/aromatic N) is 2. The van der Waals surface area contributed by atoms with Crippen LogP contribution in [-0.4, -0.2) is 24.2 Å². The highest BCUT2D eigenvalue weighted by molar-refractivity contribution is 5.60. The minimum absolute atomic E-state index is 0.0206. The van der Waals surface area contributed by atoms with Crippen LogP contribution < -0.4 is 9.64 Å². The van der Waals surface area contributed by atoms with Gasteiger partial charge in [-0.2, -0.15) is 0 Å². The average Bonchev–Trinajstić information content (AvgIpc) is 2.46. The van der Waals surface area contributed by atoms with E-state index >= 15 is 0 Å². The van der Waals surface area contributed by atoms with Crippen LogP contribution in [0.1, 0.15) is 11.3 Å². The summed E-state index contributed by atoms with van der Waals surface area (Å²) in [5.74, 6) is 1.64. The average molecular weight is 258 g/mol. The van der Waals surface area contributed by atoms with E-state index in [-0.39, 0.29) is 6.61 Å². The van der Waals surface area contributed by atoms with Crippen LogP contribution in [0.15, 0.2) is 36.4 Å². The molecule has 2 rings (SSSR count). The molecule has 0 fully saturated rings. The molecule has 1 aromatic heterocycles. The van der Waals surface area contributed by atoms with Gasteiger partial charge in [0, 0.05) is 18.4 Å². The van der Waals surface area contributed by atoms with Crippen molar-refractivity contribution in [2.45, 2.75) is 13.5 Å². The summed E-state index contributed by atoms with van der Waals surface area (Å²) in [6, 6.07) is 11.5. The number of anilines is 2. The molecule has 0 saturated carbocycles. The number of methoxy groups -OCH3 is 1. The molecule has 0 amide bonds. The Morgan fingerprint density at radius 2 is 1.89 bits per heavy atom. The minimum Gasteiger partial charge on any atom is -0.497 e. The molecule has 4 heteroatoms. The minimum atomic E-state index is 0.0206. The maximum absolute atomic E-state index is 9.24. The van der Waals surface area contributed by atoms with Crippen LogP contribution in [0.25, 0.3) is 0 Å². The molecular weight excluding hydrogens is 240 g/mol. The molecule has 4 nitrogen and oxygen atoms in total. The van der Waals surface area contributed by atoms with Crippen molar-refractivity contribution in [3.8, 4) is 5.75 Å². The van der Waals surface area contributed by atoms with Crippen molar-refractivity contribution in [3.05, 3.63) is 47.7 Å². The third-order valence-corrected chi connectivity index (χ3v) is 2.99. The molecule has 2 aromatic rings. The van der Waals surface area contributed by atoms with E-state index in [4.69, 9.17) is 4.74 Å². The van der Waals surface area contributed by atoms with Crippen LogP contribution in [0.3, 0.4) is 0 Å². The second-order valence-electron chi connectivity index (χ2n) is 4.39. The van der Waals surface area contributed by atoms with Gasteiger partial charge in [0.15, 0.2) is 0 Å². The topological polar surface area (TPSA) is 45.6 Å². The smallest absolute Gasteiger partial charge is 0.133 e. The maximum Gasteiger partial charge on any atom is 0.133 e. The van der Waals surface area contributed by atoms with Crippen molar-refractivity contribution in [2.24, 2.45) is 0 Å². The van der Waals surface area contributed by atoms with Gasteiger partial charge in [-0.1, -0.05) is 0 Å². The molecule has 0 spiro atoms. The number of rotatable bonds is 4. The van der Waals surface area contributed by atoms with Gasteiger partial charge in [-0.3, -0.25) is 0 Å². The molecule has 1 N–H and O–H groups in total. The molecule has 0 aliphatic heterocycles. The number of aliphatic hydroxyl groups excluding tert-OH is 1. The van der Waals surface area contributed by atoms with Gasteiger partial charge in [0.25, 0.3) is 0 Å². The number of aryl methyl sites for hydroxylation is 1. The molecule has 1 aromatic carbocycles. The van der Waals surface area contributed by atoms with Crippen molar-refractivity contribution in [3.63, 3.8) is 0 Å². The first-order valence-corrected chi connectivity index (χ1v) is 6.10. The monoisotopic (exact) mass is 258 g/mol. The molecule has 0 radical (unpaired) electrons. The Morgan fingerprint density at radius 1 is 1.21 bits per heavy atom. The van der Waals surface area contributed by atoms with E-state index in [1.807, 2.05) is 55.3 Å². The lowest BCUT2D eigenvalue weighted by atomic mass is 10.2. The largest absolute Gasteiger partial charge is 0.497 e. The van der Waals surface area contributed by atoms with Crippen LogP contribution in [-0.2, 0) is 6.61 Å². The van der Waals surface area contributed by atoms with Crippen LogP contribution in [0.4, 0.5) is 11.5 Å². The normalized spacial score (nSPS) is 10.3. The molecule has 0 saturated heterocycles. The zero-order chi connectivity index (χ0) is 13.8. The lowest BCUT2D eigenvalue weighted by Gasteiger charge is -2.19. The number of ether oxygens (including phenoxy) is 1. The first-order valence-electron chi connectivity index (χ1n) is 6.10. The van der Waals surface area contributed by atoms with E-state index < -0.39 is 0 Å². The summed E-state index contributed by atoms with van der Waals surface area (Å²) in [6.45, 7) is 1.94. The third-order valence-electron chi connectivity index (χ3n) is 2.99. The predicted octanol–water partition coefficient (Wildman–Crippen LogP) is 2.66. The van der Waals surface area contributed by atoms with Crippen molar-refractivity contribution >= 4 is 11.5 Å². The van der Waals surface area contributed by atoms with E-state index in [0.29, 0.717) is 0 Å². The number of aliphatic hydroxyl groups is 1. The van der Waals surface area contributed by atoms with Crippen molar-refractivity contribution in [1.82, 2.24) is 4.98 Å². The number of aromatic nitrogens is 1. The van der Waals surface area contributed by atoms with Gasteiger partial charge in [0.05, 0.1) is 13.7 Å². The highest BCUT2D eigenvalue weighted by Crippen LogP contribution is 2.25. The molecule has 0 aliphatic carbocycles. The second kappa shape index (κ2) is 5.71. The lowest BCUT2D eigenvalue weighted by molar-refractivity contribution is 0.281. The number of hydrogen-bond acceptors (Lipinski definition) is 4. The fraction of sp³-hybridized carbons (Fsp3) is 0.267. The molecule has 100 valence electrons. The zero-order valence-corrected chi connectivity index (χ0v) is 11.4. The SMILES string of the molecule is COc1ccc(N(C)c2cc(CO)cc(C)n2)cc1. The van der Waals surface area contributed by atoms with Gasteiger partial charge in [-0.15, -0.1) is 0 Å². The number of benzene rings is 1. The Balaban J connectivity index is 2.31. The van der Waals surface area contributed by atoms with Gasteiger partial charge < -0.3 is 14.7 Å². The van der Waals surface area contributed by atoms with Crippen LogP contribution in [0, 0.1) is 6.92 Å². The highest BCUT2D eigenvalue weighted by Gasteiger charge is 2.07. The molecule has 0 bridgehead atoms. The van der Waals surface area contributed by atoms with E-state index in [2.05, 4.69) is 4.98 Å². The molecular formula is C15H18N2O2. The Bertz CT molecular complexity index is 553. The maximum atomic E-state index is 9.24.